The van der Waals surface area contributed by atoms with Crippen molar-refractivity contribution in [3.05, 3.63) is 29.8 Å². The van der Waals surface area contributed by atoms with Crippen LogP contribution in [0.5, 0.6) is 0 Å². The van der Waals surface area contributed by atoms with Gasteiger partial charge in [0.25, 0.3) is 0 Å². The Hall–Kier alpha value is -1.51. The molecular weight excluding hydrogens is 202 g/mol. The van der Waals surface area contributed by atoms with Gasteiger partial charge in [-0.05, 0) is 31.9 Å². The van der Waals surface area contributed by atoms with Gasteiger partial charge in [-0.2, -0.15) is 0 Å². The molecule has 1 aliphatic rings. The normalized spacial score (nSPS) is 23.1. The first kappa shape index (κ1) is 11.0. The maximum atomic E-state index is 11.9. The Morgan fingerprint density at radius 3 is 3.00 bits per heavy atom. The number of nitrogens with one attached hydrogen (secondary N) is 1. The fourth-order valence-electron chi connectivity index (χ4n) is 2.07. The summed E-state index contributed by atoms with van der Waals surface area (Å²) in [6, 6.07) is 8.09. The van der Waals surface area contributed by atoms with E-state index in [4.69, 9.17) is 4.74 Å². The van der Waals surface area contributed by atoms with Crippen molar-refractivity contribution in [2.45, 2.75) is 20.3 Å². The highest BCUT2D eigenvalue weighted by Crippen LogP contribution is 2.33. The third kappa shape index (κ3) is 1.90. The molecule has 86 valence electrons. The highest BCUT2D eigenvalue weighted by molar-refractivity contribution is 5.79. The van der Waals surface area contributed by atoms with Crippen LogP contribution in [0, 0.1) is 5.41 Å². The van der Waals surface area contributed by atoms with E-state index in [0.29, 0.717) is 13.2 Å². The fraction of sp³-hybridized carbons (Fsp3) is 0.462. The Labute approximate surface area is 95.8 Å². The average molecular weight is 219 g/mol. The zero-order valence-electron chi connectivity index (χ0n) is 9.75. The van der Waals surface area contributed by atoms with Gasteiger partial charge in [-0.3, -0.25) is 4.79 Å². The van der Waals surface area contributed by atoms with Crippen LogP contribution >= 0.6 is 0 Å². The minimum atomic E-state index is -0.440. The Kier molecular flexibility index (Phi) is 2.86. The molecule has 0 aliphatic carbocycles. The minimum Gasteiger partial charge on any atom is -0.466 e. The highest BCUT2D eigenvalue weighted by atomic mass is 16.5. The molecule has 3 nitrogen and oxygen atoms in total. The highest BCUT2D eigenvalue weighted by Gasteiger charge is 2.38. The van der Waals surface area contributed by atoms with Gasteiger partial charge in [-0.1, -0.05) is 18.2 Å². The Morgan fingerprint density at radius 2 is 2.25 bits per heavy atom. The molecule has 1 heterocycles. The largest absolute Gasteiger partial charge is 0.466 e. The lowest BCUT2D eigenvalue weighted by molar-refractivity contribution is -0.153. The Balaban J connectivity index is 2.21. The summed E-state index contributed by atoms with van der Waals surface area (Å²) >= 11 is 0. The molecule has 3 heteroatoms. The van der Waals surface area contributed by atoms with Gasteiger partial charge in [0.15, 0.2) is 0 Å². The minimum absolute atomic E-state index is 0.114. The molecule has 16 heavy (non-hydrogen) atoms. The van der Waals surface area contributed by atoms with E-state index in [2.05, 4.69) is 11.4 Å². The lowest BCUT2D eigenvalue weighted by Gasteiger charge is -2.33. The third-order valence-electron chi connectivity index (χ3n) is 3.04. The number of fused-ring (bicyclic) bond motifs is 1. The van der Waals surface area contributed by atoms with Crippen LogP contribution in [-0.2, 0) is 16.0 Å². The second-order valence-electron chi connectivity index (χ2n) is 4.47. The van der Waals surface area contributed by atoms with E-state index in [1.165, 1.54) is 5.56 Å². The summed E-state index contributed by atoms with van der Waals surface area (Å²) in [4.78, 5) is 11.9. The summed E-state index contributed by atoms with van der Waals surface area (Å²) in [6.45, 7) is 4.87. The van der Waals surface area contributed by atoms with Crippen LogP contribution in [0.15, 0.2) is 24.3 Å². The van der Waals surface area contributed by atoms with Crippen molar-refractivity contribution in [3.8, 4) is 0 Å². The summed E-state index contributed by atoms with van der Waals surface area (Å²) in [5.74, 6) is -0.114. The van der Waals surface area contributed by atoms with Gasteiger partial charge in [0.1, 0.15) is 0 Å². The first-order chi connectivity index (χ1) is 7.65. The van der Waals surface area contributed by atoms with Crippen molar-refractivity contribution in [2.24, 2.45) is 5.41 Å². The molecule has 1 aliphatic heterocycles. The van der Waals surface area contributed by atoms with E-state index in [1.54, 1.807) is 0 Å². The number of hydrogen-bond acceptors (Lipinski definition) is 3. The number of anilines is 1. The molecule has 1 aromatic carbocycles. The number of esters is 1. The topological polar surface area (TPSA) is 38.3 Å². The molecule has 0 unspecified atom stereocenters. The molecule has 1 N–H and O–H groups in total. The predicted molar refractivity (Wildman–Crippen MR) is 63.4 cm³/mol. The molecular formula is C13H17NO2. The predicted octanol–water partition coefficient (Wildman–Crippen LogP) is 2.22. The second kappa shape index (κ2) is 4.16. The van der Waals surface area contributed by atoms with Gasteiger partial charge >= 0.3 is 5.97 Å². The quantitative estimate of drug-likeness (QED) is 0.775. The monoisotopic (exact) mass is 219 g/mol. The van der Waals surface area contributed by atoms with Gasteiger partial charge in [-0.25, -0.2) is 0 Å². The lowest BCUT2D eigenvalue weighted by Crippen LogP contribution is -2.41. The molecule has 0 spiro atoms. The van der Waals surface area contributed by atoms with E-state index in [1.807, 2.05) is 32.0 Å². The molecule has 2 rings (SSSR count). The van der Waals surface area contributed by atoms with E-state index in [0.717, 1.165) is 12.1 Å². The molecule has 1 atom stereocenters. The van der Waals surface area contributed by atoms with Crippen LogP contribution in [0.1, 0.15) is 19.4 Å². The van der Waals surface area contributed by atoms with Crippen LogP contribution in [-0.4, -0.2) is 19.1 Å². The number of rotatable bonds is 2. The number of carbonyl (C=O) groups is 1. The maximum absolute atomic E-state index is 11.9. The van der Waals surface area contributed by atoms with Crippen molar-refractivity contribution in [1.29, 1.82) is 0 Å². The Morgan fingerprint density at radius 1 is 1.50 bits per heavy atom. The van der Waals surface area contributed by atoms with E-state index in [9.17, 15) is 4.79 Å². The van der Waals surface area contributed by atoms with Crippen molar-refractivity contribution >= 4 is 11.7 Å². The lowest BCUT2D eigenvalue weighted by atomic mass is 9.80. The van der Waals surface area contributed by atoms with Crippen LogP contribution in [0.3, 0.4) is 0 Å². The van der Waals surface area contributed by atoms with Crippen molar-refractivity contribution in [2.75, 3.05) is 18.5 Å². The van der Waals surface area contributed by atoms with Crippen molar-refractivity contribution in [1.82, 2.24) is 0 Å². The smallest absolute Gasteiger partial charge is 0.313 e. The van der Waals surface area contributed by atoms with Gasteiger partial charge in [0.2, 0.25) is 0 Å². The summed E-state index contributed by atoms with van der Waals surface area (Å²) in [5, 5.41) is 3.29. The number of para-hydroxylation sites is 1. The maximum Gasteiger partial charge on any atom is 0.313 e. The van der Waals surface area contributed by atoms with E-state index in [-0.39, 0.29) is 5.97 Å². The number of carbonyl (C=O) groups excluding carboxylic acids is 1. The SMILES string of the molecule is CCOC(=O)[C@]1(C)CNc2ccccc2C1. The van der Waals surface area contributed by atoms with Gasteiger partial charge in [0, 0.05) is 12.2 Å². The first-order valence-electron chi connectivity index (χ1n) is 5.65. The third-order valence-corrected chi connectivity index (χ3v) is 3.04. The van der Waals surface area contributed by atoms with Crippen molar-refractivity contribution < 1.29 is 9.53 Å². The Bertz CT molecular complexity index is 403. The molecule has 0 fully saturated rings. The summed E-state index contributed by atoms with van der Waals surface area (Å²) in [6.07, 6.45) is 0.745. The van der Waals surface area contributed by atoms with Crippen LogP contribution in [0.2, 0.25) is 0 Å². The molecule has 0 saturated heterocycles. The van der Waals surface area contributed by atoms with Crippen molar-refractivity contribution in [3.63, 3.8) is 0 Å². The summed E-state index contributed by atoms with van der Waals surface area (Å²) < 4.78 is 5.12. The zero-order valence-corrected chi connectivity index (χ0v) is 9.75. The van der Waals surface area contributed by atoms with Gasteiger partial charge in [0.05, 0.1) is 12.0 Å². The molecule has 0 saturated carbocycles. The average Bonchev–Trinajstić information content (AvgIpc) is 2.29. The fourth-order valence-corrected chi connectivity index (χ4v) is 2.07. The molecule has 0 amide bonds. The number of benzene rings is 1. The molecule has 0 bridgehead atoms. The first-order valence-corrected chi connectivity index (χ1v) is 5.65. The van der Waals surface area contributed by atoms with Crippen LogP contribution < -0.4 is 5.32 Å². The summed E-state index contributed by atoms with van der Waals surface area (Å²) in [7, 11) is 0. The molecule has 1 aromatic rings. The van der Waals surface area contributed by atoms with E-state index >= 15 is 0 Å². The van der Waals surface area contributed by atoms with E-state index < -0.39 is 5.41 Å². The second-order valence-corrected chi connectivity index (χ2v) is 4.47. The zero-order chi connectivity index (χ0) is 11.6. The standard InChI is InChI=1S/C13H17NO2/c1-3-16-12(15)13(2)8-10-6-4-5-7-11(10)14-9-13/h4-7,14H,3,8-9H2,1-2H3/t13-/m0/s1. The molecule has 0 radical (unpaired) electrons. The van der Waals surface area contributed by atoms with Crippen LogP contribution in [0.4, 0.5) is 5.69 Å². The van der Waals surface area contributed by atoms with Gasteiger partial charge in [-0.15, -0.1) is 0 Å². The summed E-state index contributed by atoms with van der Waals surface area (Å²) in [5.41, 5.74) is 1.87. The number of ether oxygens (including phenoxy) is 1. The molecule has 0 aromatic heterocycles. The van der Waals surface area contributed by atoms with Crippen LogP contribution in [0.25, 0.3) is 0 Å². The number of hydrogen-bond donors (Lipinski definition) is 1. The van der Waals surface area contributed by atoms with Gasteiger partial charge < -0.3 is 10.1 Å².